The maximum Gasteiger partial charge on any atom is 0.231 e. The summed E-state index contributed by atoms with van der Waals surface area (Å²) in [5.41, 5.74) is 2.08. The summed E-state index contributed by atoms with van der Waals surface area (Å²) >= 11 is 6.17. The van der Waals surface area contributed by atoms with Gasteiger partial charge in [-0.1, -0.05) is 17.7 Å². The van der Waals surface area contributed by atoms with Crippen LogP contribution in [0.3, 0.4) is 0 Å². The second-order valence-electron chi connectivity index (χ2n) is 5.32. The van der Waals surface area contributed by atoms with Crippen LogP contribution < -0.4 is 24.3 Å². The summed E-state index contributed by atoms with van der Waals surface area (Å²) in [5, 5.41) is 4.02. The fraction of sp³-hybridized carbons (Fsp3) is 0.333. The second kappa shape index (κ2) is 9.04. The largest absolute Gasteiger partial charge is 0.493 e. The first-order valence-corrected chi connectivity index (χ1v) is 8.17. The molecule has 0 amide bonds. The van der Waals surface area contributed by atoms with Crippen molar-refractivity contribution in [2.75, 3.05) is 20.5 Å². The molecule has 5 nitrogen and oxygen atoms in total. The zero-order valence-corrected chi connectivity index (χ0v) is 15.7. The first-order chi connectivity index (χ1) is 11.7. The maximum absolute atomic E-state index is 6.17. The lowest BCUT2D eigenvalue weighted by molar-refractivity contribution is 0.174. The fourth-order valence-corrected chi connectivity index (χ4v) is 2.84. The summed E-state index contributed by atoms with van der Waals surface area (Å²) < 4.78 is 21.8. The number of nitrogens with one attached hydrogen (secondary N) is 1. The van der Waals surface area contributed by atoms with Crippen LogP contribution in [0.25, 0.3) is 0 Å². The maximum atomic E-state index is 6.17. The average Bonchev–Trinajstić information content (AvgIpc) is 3.04. The number of halogens is 2. The predicted molar refractivity (Wildman–Crippen MR) is 99.5 cm³/mol. The zero-order valence-electron chi connectivity index (χ0n) is 14.1. The summed E-state index contributed by atoms with van der Waals surface area (Å²) in [6.07, 6.45) is 0. The van der Waals surface area contributed by atoms with Gasteiger partial charge in [0.15, 0.2) is 23.0 Å². The van der Waals surface area contributed by atoms with E-state index < -0.39 is 0 Å². The Morgan fingerprint density at radius 1 is 1.12 bits per heavy atom. The Hall–Kier alpha value is -1.82. The van der Waals surface area contributed by atoms with Gasteiger partial charge in [0.25, 0.3) is 0 Å². The monoisotopic (exact) mass is 385 g/mol. The minimum Gasteiger partial charge on any atom is -0.493 e. The third-order valence-corrected chi connectivity index (χ3v) is 3.90. The Morgan fingerprint density at radius 2 is 1.92 bits per heavy atom. The molecule has 0 aliphatic carbocycles. The number of fused-ring (bicyclic) bond motifs is 1. The fourth-order valence-electron chi connectivity index (χ4n) is 2.61. The zero-order chi connectivity index (χ0) is 16.9. The molecule has 0 atom stereocenters. The van der Waals surface area contributed by atoms with Gasteiger partial charge in [-0.3, -0.25) is 0 Å². The number of benzene rings is 2. The van der Waals surface area contributed by atoms with Crippen LogP contribution in [0.1, 0.15) is 18.1 Å². The highest BCUT2D eigenvalue weighted by molar-refractivity contribution is 6.30. The van der Waals surface area contributed by atoms with Crippen molar-refractivity contribution in [2.45, 2.75) is 20.0 Å². The molecule has 2 aromatic rings. The molecule has 3 rings (SSSR count). The smallest absolute Gasteiger partial charge is 0.231 e. The predicted octanol–water partition coefficient (Wildman–Crippen LogP) is 4.19. The quantitative estimate of drug-likeness (QED) is 0.774. The van der Waals surface area contributed by atoms with Crippen LogP contribution in [0.4, 0.5) is 0 Å². The van der Waals surface area contributed by atoms with Crippen molar-refractivity contribution in [2.24, 2.45) is 0 Å². The number of methoxy groups -OCH3 is 1. The highest BCUT2D eigenvalue weighted by atomic mass is 35.5. The van der Waals surface area contributed by atoms with Gasteiger partial charge in [0.2, 0.25) is 6.79 Å². The van der Waals surface area contributed by atoms with Crippen LogP contribution in [-0.4, -0.2) is 20.5 Å². The Balaban J connectivity index is 0.00000225. The van der Waals surface area contributed by atoms with Gasteiger partial charge in [0.05, 0.1) is 13.7 Å². The summed E-state index contributed by atoms with van der Waals surface area (Å²) in [6.45, 7) is 4.09. The van der Waals surface area contributed by atoms with E-state index in [4.69, 9.17) is 30.5 Å². The molecule has 1 heterocycles. The van der Waals surface area contributed by atoms with E-state index in [9.17, 15) is 0 Å². The van der Waals surface area contributed by atoms with Gasteiger partial charge in [0, 0.05) is 29.7 Å². The molecule has 25 heavy (non-hydrogen) atoms. The van der Waals surface area contributed by atoms with Gasteiger partial charge in [-0.05, 0) is 30.7 Å². The molecule has 0 saturated carbocycles. The van der Waals surface area contributed by atoms with Gasteiger partial charge in [-0.2, -0.15) is 0 Å². The molecule has 0 radical (unpaired) electrons. The number of rotatable bonds is 7. The van der Waals surface area contributed by atoms with E-state index in [2.05, 4.69) is 5.32 Å². The van der Waals surface area contributed by atoms with Crippen LogP contribution in [0.2, 0.25) is 5.02 Å². The Labute approximate surface area is 158 Å². The first kappa shape index (κ1) is 19.5. The van der Waals surface area contributed by atoms with Crippen molar-refractivity contribution in [1.29, 1.82) is 0 Å². The lowest BCUT2D eigenvalue weighted by atomic mass is 10.1. The molecule has 0 fully saturated rings. The summed E-state index contributed by atoms with van der Waals surface area (Å²) in [4.78, 5) is 0. The van der Waals surface area contributed by atoms with Crippen molar-refractivity contribution >= 4 is 24.0 Å². The van der Waals surface area contributed by atoms with Crippen LogP contribution >= 0.6 is 24.0 Å². The Bertz CT molecular complexity index is 724. The van der Waals surface area contributed by atoms with Gasteiger partial charge in [-0.15, -0.1) is 12.4 Å². The third kappa shape index (κ3) is 4.63. The normalized spacial score (nSPS) is 11.8. The molecule has 0 unspecified atom stereocenters. The molecular weight excluding hydrogens is 365 g/mol. The molecule has 0 aromatic heterocycles. The van der Waals surface area contributed by atoms with Gasteiger partial charge < -0.3 is 24.3 Å². The average molecular weight is 386 g/mol. The van der Waals surface area contributed by atoms with Gasteiger partial charge in [-0.25, -0.2) is 0 Å². The van der Waals surface area contributed by atoms with Crippen molar-refractivity contribution in [3.63, 3.8) is 0 Å². The van der Waals surface area contributed by atoms with Crippen molar-refractivity contribution in [3.05, 3.63) is 46.5 Å². The van der Waals surface area contributed by atoms with E-state index in [-0.39, 0.29) is 19.2 Å². The summed E-state index contributed by atoms with van der Waals surface area (Å²) in [5.74, 6) is 2.94. The third-order valence-electron chi connectivity index (χ3n) is 3.69. The number of hydrogen-bond donors (Lipinski definition) is 1. The topological polar surface area (TPSA) is 49.0 Å². The lowest BCUT2D eigenvalue weighted by Crippen LogP contribution is -2.14. The van der Waals surface area contributed by atoms with Crippen LogP contribution in [0, 0.1) is 0 Å². The van der Waals surface area contributed by atoms with Gasteiger partial charge in [0.1, 0.15) is 0 Å². The molecule has 7 heteroatoms. The van der Waals surface area contributed by atoms with Crippen LogP contribution in [0.15, 0.2) is 30.3 Å². The summed E-state index contributed by atoms with van der Waals surface area (Å²) in [7, 11) is 1.61. The van der Waals surface area contributed by atoms with Gasteiger partial charge >= 0.3 is 0 Å². The van der Waals surface area contributed by atoms with E-state index >= 15 is 0 Å². The number of ether oxygens (including phenoxy) is 4. The van der Waals surface area contributed by atoms with E-state index in [0.29, 0.717) is 30.5 Å². The van der Waals surface area contributed by atoms with E-state index in [1.165, 1.54) is 0 Å². The van der Waals surface area contributed by atoms with Crippen molar-refractivity contribution in [1.82, 2.24) is 5.32 Å². The van der Waals surface area contributed by atoms with E-state index in [1.807, 2.05) is 31.2 Å². The lowest BCUT2D eigenvalue weighted by Gasteiger charge is -2.15. The molecular formula is C18H21Cl2NO4. The van der Waals surface area contributed by atoms with E-state index in [0.717, 1.165) is 28.4 Å². The molecule has 0 saturated heterocycles. The molecule has 1 aliphatic rings. The minimum absolute atomic E-state index is 0. The Morgan fingerprint density at radius 3 is 2.68 bits per heavy atom. The molecule has 1 N–H and O–H groups in total. The van der Waals surface area contributed by atoms with Crippen molar-refractivity contribution < 1.29 is 18.9 Å². The second-order valence-corrected chi connectivity index (χ2v) is 5.76. The molecule has 0 spiro atoms. The van der Waals surface area contributed by atoms with Crippen molar-refractivity contribution in [3.8, 4) is 23.0 Å². The highest BCUT2D eigenvalue weighted by Gasteiger charge is 2.14. The Kier molecular flexibility index (Phi) is 7.05. The molecule has 0 bridgehead atoms. The molecule has 136 valence electrons. The minimum atomic E-state index is 0. The number of hydrogen-bond acceptors (Lipinski definition) is 5. The molecule has 1 aliphatic heterocycles. The van der Waals surface area contributed by atoms with Crippen LogP contribution in [0.5, 0.6) is 23.0 Å². The summed E-state index contributed by atoms with van der Waals surface area (Å²) in [6, 6.07) is 9.57. The van der Waals surface area contributed by atoms with Crippen LogP contribution in [-0.2, 0) is 13.1 Å². The first-order valence-electron chi connectivity index (χ1n) is 7.79. The highest BCUT2D eigenvalue weighted by Crippen LogP contribution is 2.35. The SMILES string of the molecule is CCOc1c(CNCc2ccc3c(c2)OCO3)cc(Cl)cc1OC.Cl. The van der Waals surface area contributed by atoms with E-state index in [1.54, 1.807) is 13.2 Å². The standard InChI is InChI=1S/C18H20ClNO4.ClH/c1-3-22-18-13(7-14(19)8-17(18)21-2)10-20-9-12-4-5-15-16(6-12)24-11-23-15;/h4-8,20H,3,9-11H2,1-2H3;1H. The molecule has 2 aromatic carbocycles.